The number of amides is 2. The maximum atomic E-state index is 13.0. The Balaban J connectivity index is 0.00000120. The second-order valence-corrected chi connectivity index (χ2v) is 11.2. The normalized spacial score (nSPS) is 17.8. The first-order chi connectivity index (χ1) is 18.8. The number of phenols is 1. The van der Waals surface area contributed by atoms with Crippen molar-refractivity contribution in [3.8, 4) is 11.5 Å². The van der Waals surface area contributed by atoms with Gasteiger partial charge in [-0.1, -0.05) is 39.5 Å². The van der Waals surface area contributed by atoms with Crippen LogP contribution in [0.25, 0.3) is 0 Å². The molecule has 0 fully saturated rings. The number of hydrogen-bond acceptors (Lipinski definition) is 10. The van der Waals surface area contributed by atoms with Crippen molar-refractivity contribution in [2.75, 3.05) is 26.6 Å². The first-order valence-corrected chi connectivity index (χ1v) is 14.5. The van der Waals surface area contributed by atoms with Gasteiger partial charge in [0.2, 0.25) is 5.91 Å². The Labute approximate surface area is 241 Å². The number of ether oxygens (including phenoxy) is 4. The molecule has 1 heterocycles. The molecule has 1 aromatic rings. The number of methoxy groups -OCH3 is 2. The Hall–Kier alpha value is -3.15. The standard InChI is InChI=1S/C22H30N2O9S.C6H14/c1-11-16(30-5)7-15(25)12-9-34-10-14(19(27)31-6)23-18(26)13(8-32-20(28)17(11)12)24-21(29)33-22(2,3)4;1-3-5-6-4-2/h7,13-14,25H,8-10H2,1-6H3,(H,23,26)(H,24,29);3-6H2,1-2H3/t13-,14-;/m0./s1. The quantitative estimate of drug-likeness (QED) is 0.252. The fourth-order valence-corrected chi connectivity index (χ4v) is 4.73. The molecule has 226 valence electrons. The second-order valence-electron chi connectivity index (χ2n) is 10.2. The van der Waals surface area contributed by atoms with Gasteiger partial charge in [-0.2, -0.15) is 11.8 Å². The molecule has 0 bridgehead atoms. The number of cyclic esters (lactones) is 1. The summed E-state index contributed by atoms with van der Waals surface area (Å²) in [6.45, 7) is 10.5. The molecule has 1 aliphatic heterocycles. The fraction of sp³-hybridized carbons (Fsp3) is 0.643. The van der Waals surface area contributed by atoms with Crippen LogP contribution in [0.2, 0.25) is 0 Å². The van der Waals surface area contributed by atoms with Crippen LogP contribution in [0.5, 0.6) is 11.5 Å². The van der Waals surface area contributed by atoms with E-state index in [0.29, 0.717) is 11.1 Å². The molecule has 0 spiro atoms. The minimum Gasteiger partial charge on any atom is -0.507 e. The topological polar surface area (TPSA) is 149 Å². The third-order valence-electron chi connectivity index (χ3n) is 5.73. The molecule has 0 unspecified atom stereocenters. The van der Waals surface area contributed by atoms with Crippen molar-refractivity contribution in [1.29, 1.82) is 0 Å². The third kappa shape index (κ3) is 11.1. The van der Waals surface area contributed by atoms with Gasteiger partial charge in [-0.15, -0.1) is 0 Å². The Morgan fingerprint density at radius 1 is 1.18 bits per heavy atom. The van der Waals surface area contributed by atoms with E-state index in [1.165, 1.54) is 57.7 Å². The van der Waals surface area contributed by atoms with E-state index in [-0.39, 0.29) is 28.6 Å². The van der Waals surface area contributed by atoms with Crippen LogP contribution < -0.4 is 15.4 Å². The number of carbonyl (C=O) groups is 4. The lowest BCUT2D eigenvalue weighted by Crippen LogP contribution is -2.55. The summed E-state index contributed by atoms with van der Waals surface area (Å²) in [5.41, 5.74) is -0.0298. The third-order valence-corrected chi connectivity index (χ3v) is 6.79. The molecule has 3 N–H and O–H groups in total. The number of carbonyl (C=O) groups excluding carboxylic acids is 4. The molecule has 0 aromatic heterocycles. The van der Waals surface area contributed by atoms with E-state index in [1.54, 1.807) is 27.7 Å². The van der Waals surface area contributed by atoms with Gasteiger partial charge in [0, 0.05) is 28.7 Å². The first kappa shape index (κ1) is 34.9. The van der Waals surface area contributed by atoms with E-state index in [0.717, 1.165) is 0 Å². The SMILES string of the molecule is CCCCCC.COC(=O)[C@@H]1CSCc2c(O)cc(OC)c(C)c2C(=O)OC[C@H](NC(=O)OC(C)(C)C)C(=O)N1. The summed E-state index contributed by atoms with van der Waals surface area (Å²) >= 11 is 1.19. The van der Waals surface area contributed by atoms with Crippen LogP contribution in [0.1, 0.15) is 81.8 Å². The van der Waals surface area contributed by atoms with E-state index in [1.807, 2.05) is 0 Å². The molecular weight excluding hydrogens is 540 g/mol. The number of benzene rings is 1. The number of rotatable bonds is 6. The van der Waals surface area contributed by atoms with E-state index >= 15 is 0 Å². The molecule has 2 atom stereocenters. The highest BCUT2D eigenvalue weighted by molar-refractivity contribution is 7.98. The van der Waals surface area contributed by atoms with Gasteiger partial charge < -0.3 is 34.7 Å². The lowest BCUT2D eigenvalue weighted by atomic mass is 10.0. The Morgan fingerprint density at radius 2 is 1.80 bits per heavy atom. The molecule has 2 amide bonds. The van der Waals surface area contributed by atoms with Crippen molar-refractivity contribution in [3.05, 3.63) is 22.8 Å². The van der Waals surface area contributed by atoms with Crippen LogP contribution in [-0.4, -0.2) is 73.3 Å². The number of alkyl carbamates (subject to hydrolysis) is 1. The van der Waals surface area contributed by atoms with Gasteiger partial charge in [0.05, 0.1) is 19.8 Å². The molecule has 1 aliphatic rings. The molecule has 2 rings (SSSR count). The van der Waals surface area contributed by atoms with E-state index in [4.69, 9.17) is 18.9 Å². The van der Waals surface area contributed by atoms with Crippen molar-refractivity contribution in [1.82, 2.24) is 10.6 Å². The molecule has 0 saturated carbocycles. The number of phenolic OH excluding ortho intramolecular Hbond substituents is 1. The molecule has 0 saturated heterocycles. The Bertz CT molecular complexity index is 1020. The highest BCUT2D eigenvalue weighted by atomic mass is 32.2. The van der Waals surface area contributed by atoms with Gasteiger partial charge in [0.25, 0.3) is 0 Å². The summed E-state index contributed by atoms with van der Waals surface area (Å²) in [5, 5.41) is 15.4. The molecule has 0 radical (unpaired) electrons. The van der Waals surface area contributed by atoms with Crippen molar-refractivity contribution in [3.63, 3.8) is 0 Å². The van der Waals surface area contributed by atoms with Crippen LogP contribution >= 0.6 is 11.8 Å². The average Bonchev–Trinajstić information content (AvgIpc) is 2.88. The van der Waals surface area contributed by atoms with E-state index < -0.39 is 48.2 Å². The van der Waals surface area contributed by atoms with Crippen LogP contribution in [0.15, 0.2) is 6.07 Å². The van der Waals surface area contributed by atoms with E-state index in [9.17, 15) is 24.3 Å². The number of thioether (sulfide) groups is 1. The highest BCUT2D eigenvalue weighted by Gasteiger charge is 2.32. The van der Waals surface area contributed by atoms with Crippen molar-refractivity contribution >= 4 is 35.7 Å². The minimum absolute atomic E-state index is 0.0796. The predicted octanol–water partition coefficient (Wildman–Crippen LogP) is 4.25. The van der Waals surface area contributed by atoms with Gasteiger partial charge in [0.15, 0.2) is 0 Å². The van der Waals surface area contributed by atoms with Crippen LogP contribution in [0.3, 0.4) is 0 Å². The number of unbranched alkanes of at least 4 members (excludes halogenated alkanes) is 3. The number of hydrogen-bond donors (Lipinski definition) is 3. The van der Waals surface area contributed by atoms with Gasteiger partial charge >= 0.3 is 18.0 Å². The summed E-state index contributed by atoms with van der Waals surface area (Å²) in [4.78, 5) is 50.4. The number of nitrogens with one attached hydrogen (secondary N) is 2. The largest absolute Gasteiger partial charge is 0.507 e. The summed E-state index contributed by atoms with van der Waals surface area (Å²) < 4.78 is 20.6. The zero-order valence-electron chi connectivity index (χ0n) is 24.8. The monoisotopic (exact) mass is 584 g/mol. The van der Waals surface area contributed by atoms with Crippen molar-refractivity contribution < 1.29 is 43.2 Å². The van der Waals surface area contributed by atoms with Gasteiger partial charge in [-0.3, -0.25) is 4.79 Å². The molecule has 0 aliphatic carbocycles. The molecular formula is C28H44N2O9S. The smallest absolute Gasteiger partial charge is 0.408 e. The minimum atomic E-state index is -1.36. The Morgan fingerprint density at radius 3 is 2.33 bits per heavy atom. The zero-order chi connectivity index (χ0) is 30.5. The van der Waals surface area contributed by atoms with Crippen molar-refractivity contribution in [2.45, 2.75) is 90.7 Å². The molecule has 12 heteroatoms. The summed E-state index contributed by atoms with van der Waals surface area (Å²) in [7, 11) is 2.58. The van der Waals surface area contributed by atoms with Crippen molar-refractivity contribution in [2.24, 2.45) is 0 Å². The van der Waals surface area contributed by atoms with Gasteiger partial charge in [0.1, 0.15) is 35.8 Å². The lowest BCUT2D eigenvalue weighted by Gasteiger charge is -2.25. The maximum Gasteiger partial charge on any atom is 0.408 e. The summed E-state index contributed by atoms with van der Waals surface area (Å²) in [6.07, 6.45) is 4.63. The summed E-state index contributed by atoms with van der Waals surface area (Å²) in [6, 6.07) is -1.02. The lowest BCUT2D eigenvalue weighted by molar-refractivity contribution is -0.144. The van der Waals surface area contributed by atoms with Crippen LogP contribution in [0.4, 0.5) is 4.79 Å². The Kier molecular flexibility index (Phi) is 14.7. The second kappa shape index (κ2) is 16.8. The van der Waals surface area contributed by atoms with Crippen LogP contribution in [0, 0.1) is 6.92 Å². The average molecular weight is 585 g/mol. The zero-order valence-corrected chi connectivity index (χ0v) is 25.6. The van der Waals surface area contributed by atoms with Crippen LogP contribution in [-0.2, 0) is 29.6 Å². The summed E-state index contributed by atoms with van der Waals surface area (Å²) in [5.74, 6) is -1.95. The first-order valence-electron chi connectivity index (χ1n) is 13.3. The van der Waals surface area contributed by atoms with Gasteiger partial charge in [-0.25, -0.2) is 14.4 Å². The van der Waals surface area contributed by atoms with Gasteiger partial charge in [-0.05, 0) is 27.7 Å². The number of esters is 2. The predicted molar refractivity (Wildman–Crippen MR) is 153 cm³/mol. The molecule has 40 heavy (non-hydrogen) atoms. The molecule has 1 aromatic carbocycles. The van der Waals surface area contributed by atoms with E-state index in [2.05, 4.69) is 24.5 Å². The number of aromatic hydroxyl groups is 1. The highest BCUT2D eigenvalue weighted by Crippen LogP contribution is 2.35. The molecule has 11 nitrogen and oxygen atoms in total. The maximum absolute atomic E-state index is 13.0. The fourth-order valence-electron chi connectivity index (χ4n) is 3.66. The number of fused-ring (bicyclic) bond motifs is 1.